The molecule has 34 heavy (non-hydrogen) atoms. The van der Waals surface area contributed by atoms with Gasteiger partial charge in [0.25, 0.3) is 5.91 Å². The predicted molar refractivity (Wildman–Crippen MR) is 138 cm³/mol. The first kappa shape index (κ1) is 23.8. The highest BCUT2D eigenvalue weighted by Gasteiger charge is 2.35. The highest BCUT2D eigenvalue weighted by atomic mass is 32.2. The van der Waals surface area contributed by atoms with Crippen molar-refractivity contribution < 1.29 is 14.3 Å². The molecule has 0 radical (unpaired) electrons. The highest BCUT2D eigenvalue weighted by molar-refractivity contribution is 8.26. The van der Waals surface area contributed by atoms with Gasteiger partial charge in [-0.15, -0.1) is 0 Å². The van der Waals surface area contributed by atoms with Crippen LogP contribution in [0.15, 0.2) is 64.2 Å². The van der Waals surface area contributed by atoms with Gasteiger partial charge in [0, 0.05) is 0 Å². The van der Waals surface area contributed by atoms with E-state index in [4.69, 9.17) is 14.9 Å². The number of ether oxygens (including phenoxy) is 2. The molecule has 0 fully saturated rings. The number of amidine groups is 2. The second-order valence-electron chi connectivity index (χ2n) is 7.98. The lowest BCUT2D eigenvalue weighted by Crippen LogP contribution is -2.35. The summed E-state index contributed by atoms with van der Waals surface area (Å²) in [5, 5.41) is 15.5. The maximum atomic E-state index is 12.5. The van der Waals surface area contributed by atoms with Gasteiger partial charge in [-0.25, -0.2) is 0 Å². The molecule has 0 saturated heterocycles. The number of benzene rings is 2. The highest BCUT2D eigenvalue weighted by Crippen LogP contribution is 2.30. The first-order valence-electron chi connectivity index (χ1n) is 11.4. The zero-order chi connectivity index (χ0) is 24.1. The number of aliphatic imine (C=N–C) groups is 1. The third-order valence-corrected chi connectivity index (χ3v) is 6.71. The molecule has 8 heteroatoms. The van der Waals surface area contributed by atoms with E-state index in [1.807, 2.05) is 49.4 Å². The minimum Gasteiger partial charge on any atom is -0.490 e. The summed E-state index contributed by atoms with van der Waals surface area (Å²) in [4.78, 5) is 16.6. The summed E-state index contributed by atoms with van der Waals surface area (Å²) < 4.78 is 11.8. The maximum absolute atomic E-state index is 12.5. The topological polar surface area (TPSA) is 87.3 Å². The molecule has 0 aliphatic carbocycles. The normalized spacial score (nSPS) is 17.4. The number of thioether (sulfide) groups is 1. The van der Waals surface area contributed by atoms with Crippen LogP contribution in [-0.2, 0) is 4.79 Å². The second-order valence-corrected chi connectivity index (χ2v) is 9.02. The van der Waals surface area contributed by atoms with E-state index < -0.39 is 5.91 Å². The lowest BCUT2D eigenvalue weighted by molar-refractivity contribution is -0.114. The molecule has 1 amide bonds. The van der Waals surface area contributed by atoms with Crippen molar-refractivity contribution in [1.29, 1.82) is 5.41 Å². The van der Waals surface area contributed by atoms with Crippen LogP contribution in [0.2, 0.25) is 0 Å². The SMILES string of the molecule is CCC1=NN2C(=N)/C(=C/c3ccc(OCCOc4ccccc4[C@@H](C)CC)cc3)C(=O)N=C2S1. The van der Waals surface area contributed by atoms with Crippen molar-refractivity contribution in [2.24, 2.45) is 10.1 Å². The molecule has 2 aromatic rings. The number of nitrogens with zero attached hydrogens (tertiary/aromatic N) is 3. The van der Waals surface area contributed by atoms with Crippen LogP contribution in [0.25, 0.3) is 6.08 Å². The number of fused-ring (bicyclic) bond motifs is 1. The van der Waals surface area contributed by atoms with Crippen LogP contribution in [0.4, 0.5) is 0 Å². The van der Waals surface area contributed by atoms with Crippen molar-refractivity contribution >= 4 is 39.8 Å². The molecule has 1 N–H and O–H groups in total. The van der Waals surface area contributed by atoms with E-state index in [0.717, 1.165) is 29.2 Å². The molecule has 2 heterocycles. The standard InChI is InChI=1S/C26H28N4O3S/c1-4-17(3)20-8-6-7-9-22(20)33-15-14-32-19-12-10-18(11-13-19)16-21-24(27)30-26(28-25(21)31)34-23(5-2)29-30/h6-13,16-17,27H,4-5,14-15H2,1-3H3/b21-16-,27-24?/t17-/m0/s1. The molecule has 0 aromatic heterocycles. The first-order chi connectivity index (χ1) is 16.5. The molecule has 0 saturated carbocycles. The average molecular weight is 477 g/mol. The van der Waals surface area contributed by atoms with Crippen LogP contribution >= 0.6 is 11.8 Å². The molecular formula is C26H28N4O3S. The molecule has 1 atom stereocenters. The van der Waals surface area contributed by atoms with E-state index in [-0.39, 0.29) is 11.4 Å². The largest absolute Gasteiger partial charge is 0.490 e. The Labute approximate surface area is 204 Å². The van der Waals surface area contributed by atoms with Crippen molar-refractivity contribution in [2.45, 2.75) is 39.5 Å². The van der Waals surface area contributed by atoms with E-state index in [1.54, 1.807) is 6.08 Å². The Hall–Kier alpha value is -3.39. The summed E-state index contributed by atoms with van der Waals surface area (Å²) in [6.07, 6.45) is 3.45. The number of carbonyl (C=O) groups is 1. The van der Waals surface area contributed by atoms with Gasteiger partial charge in [-0.3, -0.25) is 10.2 Å². The van der Waals surface area contributed by atoms with Crippen molar-refractivity contribution in [3.8, 4) is 11.5 Å². The van der Waals surface area contributed by atoms with Crippen LogP contribution in [-0.4, -0.2) is 40.2 Å². The maximum Gasteiger partial charge on any atom is 0.283 e. The predicted octanol–water partition coefficient (Wildman–Crippen LogP) is 5.69. The molecule has 0 spiro atoms. The number of amides is 1. The minimum atomic E-state index is -0.425. The molecule has 0 bridgehead atoms. The molecule has 4 rings (SSSR count). The Kier molecular flexibility index (Phi) is 7.47. The summed E-state index contributed by atoms with van der Waals surface area (Å²) in [6.45, 7) is 7.21. The summed E-state index contributed by atoms with van der Waals surface area (Å²) in [6, 6.07) is 15.5. The van der Waals surface area contributed by atoms with Gasteiger partial charge in [0.15, 0.2) is 5.84 Å². The Morgan fingerprint density at radius 2 is 1.82 bits per heavy atom. The van der Waals surface area contributed by atoms with Gasteiger partial charge >= 0.3 is 0 Å². The third kappa shape index (κ3) is 5.22. The number of carbonyl (C=O) groups excluding carboxylic acids is 1. The lowest BCUT2D eigenvalue weighted by atomic mass is 9.98. The monoisotopic (exact) mass is 476 g/mol. The van der Waals surface area contributed by atoms with Gasteiger partial charge in [0.2, 0.25) is 5.17 Å². The van der Waals surface area contributed by atoms with Crippen LogP contribution in [0, 0.1) is 5.41 Å². The number of para-hydroxylation sites is 1. The van der Waals surface area contributed by atoms with E-state index in [9.17, 15) is 4.79 Å². The van der Waals surface area contributed by atoms with Crippen molar-refractivity contribution in [2.75, 3.05) is 13.2 Å². The lowest BCUT2D eigenvalue weighted by Gasteiger charge is -2.20. The summed E-state index contributed by atoms with van der Waals surface area (Å²) >= 11 is 1.33. The van der Waals surface area contributed by atoms with E-state index in [0.29, 0.717) is 30.0 Å². The quantitative estimate of drug-likeness (QED) is 0.371. The van der Waals surface area contributed by atoms with Crippen LogP contribution in [0.5, 0.6) is 11.5 Å². The van der Waals surface area contributed by atoms with Gasteiger partial charge in [-0.1, -0.05) is 51.1 Å². The summed E-state index contributed by atoms with van der Waals surface area (Å²) in [7, 11) is 0. The second kappa shape index (κ2) is 10.7. The molecule has 176 valence electrons. The number of hydrogen-bond acceptors (Lipinski definition) is 6. The number of rotatable bonds is 9. The molecule has 2 aliphatic heterocycles. The number of hydrogen-bond donors (Lipinski definition) is 1. The fourth-order valence-corrected chi connectivity index (χ4v) is 4.38. The van der Waals surface area contributed by atoms with Gasteiger partial charge in [-0.05, 0) is 65.9 Å². The molecular weight excluding hydrogens is 448 g/mol. The third-order valence-electron chi connectivity index (χ3n) is 5.66. The minimum absolute atomic E-state index is 0.0427. The van der Waals surface area contributed by atoms with Gasteiger partial charge < -0.3 is 9.47 Å². The zero-order valence-corrected chi connectivity index (χ0v) is 20.4. The fourth-order valence-electron chi connectivity index (χ4n) is 3.55. The van der Waals surface area contributed by atoms with Gasteiger partial charge in [0.1, 0.15) is 29.8 Å². The Morgan fingerprint density at radius 1 is 1.09 bits per heavy atom. The van der Waals surface area contributed by atoms with Crippen molar-refractivity contribution in [3.63, 3.8) is 0 Å². The average Bonchev–Trinajstić information content (AvgIpc) is 3.28. The summed E-state index contributed by atoms with van der Waals surface area (Å²) in [5.74, 6) is 1.67. The fraction of sp³-hybridized carbons (Fsp3) is 0.308. The van der Waals surface area contributed by atoms with Crippen LogP contribution in [0.1, 0.15) is 50.7 Å². The Balaban J connectivity index is 1.34. The number of nitrogens with one attached hydrogen (secondary N) is 1. The Bertz CT molecular complexity index is 1170. The van der Waals surface area contributed by atoms with Crippen LogP contribution in [0.3, 0.4) is 0 Å². The van der Waals surface area contributed by atoms with Crippen molar-refractivity contribution in [3.05, 3.63) is 65.2 Å². The molecule has 2 aromatic carbocycles. The Morgan fingerprint density at radius 3 is 2.56 bits per heavy atom. The number of hydrazone groups is 1. The van der Waals surface area contributed by atoms with Gasteiger partial charge in [-0.2, -0.15) is 15.1 Å². The van der Waals surface area contributed by atoms with Gasteiger partial charge in [0.05, 0.1) is 5.57 Å². The van der Waals surface area contributed by atoms with E-state index in [1.165, 1.54) is 22.3 Å². The first-order valence-corrected chi connectivity index (χ1v) is 12.3. The zero-order valence-electron chi connectivity index (χ0n) is 19.6. The van der Waals surface area contributed by atoms with Crippen LogP contribution < -0.4 is 9.47 Å². The molecule has 0 unspecified atom stereocenters. The smallest absolute Gasteiger partial charge is 0.283 e. The van der Waals surface area contributed by atoms with Crippen molar-refractivity contribution in [1.82, 2.24) is 5.01 Å². The molecule has 7 nitrogen and oxygen atoms in total. The van der Waals surface area contributed by atoms with E-state index in [2.05, 4.69) is 30.0 Å². The molecule has 2 aliphatic rings. The summed E-state index contributed by atoms with van der Waals surface area (Å²) in [5.41, 5.74) is 2.21. The van der Waals surface area contributed by atoms with E-state index >= 15 is 0 Å².